The van der Waals surface area contributed by atoms with Crippen molar-refractivity contribution in [1.29, 1.82) is 0 Å². The van der Waals surface area contributed by atoms with Gasteiger partial charge in [0.2, 0.25) is 0 Å². The fourth-order valence-electron chi connectivity index (χ4n) is 3.67. The molecule has 1 unspecified atom stereocenters. The summed E-state index contributed by atoms with van der Waals surface area (Å²) in [6.07, 6.45) is 7.80. The van der Waals surface area contributed by atoms with E-state index >= 15 is 0 Å². The molecule has 3 aromatic carbocycles. The van der Waals surface area contributed by atoms with Gasteiger partial charge < -0.3 is 4.57 Å². The molecule has 1 aliphatic heterocycles. The molecule has 0 saturated carbocycles. The largest absolute Gasteiger partial charge is 0.309 e. The van der Waals surface area contributed by atoms with E-state index in [1.165, 1.54) is 0 Å². The van der Waals surface area contributed by atoms with E-state index in [0.717, 1.165) is 37.8 Å². The summed E-state index contributed by atoms with van der Waals surface area (Å²) in [5.41, 5.74) is 2.11. The lowest BCUT2D eigenvalue weighted by Crippen LogP contribution is -2.22. The molecule has 0 aromatic heterocycles. The van der Waals surface area contributed by atoms with E-state index in [-0.39, 0.29) is 0 Å². The maximum Gasteiger partial charge on any atom is 0.172 e. The van der Waals surface area contributed by atoms with Crippen molar-refractivity contribution in [2.24, 2.45) is 0 Å². The van der Waals surface area contributed by atoms with Crippen LogP contribution in [0.1, 0.15) is 18.1 Å². The lowest BCUT2D eigenvalue weighted by Gasteiger charge is -2.28. The smallest absolute Gasteiger partial charge is 0.172 e. The summed E-state index contributed by atoms with van der Waals surface area (Å²) in [5.74, 6) is 0. The van der Waals surface area contributed by atoms with Gasteiger partial charge in [0.25, 0.3) is 0 Å². The number of benzene rings is 3. The highest BCUT2D eigenvalue weighted by Crippen LogP contribution is 2.57. The second-order valence-electron chi connectivity index (χ2n) is 6.16. The van der Waals surface area contributed by atoms with Gasteiger partial charge in [-0.3, -0.25) is 0 Å². The SMILES string of the molecule is C=CC1=Cc2cccc3cccc(c23)P1(=O)c1ccccc1/C=C/C. The number of rotatable bonds is 3. The molecule has 3 aromatic rings. The zero-order valence-corrected chi connectivity index (χ0v) is 15.0. The van der Waals surface area contributed by atoms with E-state index in [4.69, 9.17) is 0 Å². The van der Waals surface area contributed by atoms with E-state index in [1.54, 1.807) is 6.08 Å². The molecule has 1 nitrogen and oxygen atoms in total. The van der Waals surface area contributed by atoms with Crippen molar-refractivity contribution in [3.63, 3.8) is 0 Å². The maximum absolute atomic E-state index is 14.5. The highest BCUT2D eigenvalue weighted by atomic mass is 31.2. The van der Waals surface area contributed by atoms with Crippen molar-refractivity contribution in [3.8, 4) is 0 Å². The van der Waals surface area contributed by atoms with Gasteiger partial charge in [-0.1, -0.05) is 85.5 Å². The van der Waals surface area contributed by atoms with Crippen LogP contribution in [-0.4, -0.2) is 0 Å². The Morgan fingerprint density at radius 1 is 0.920 bits per heavy atom. The summed E-state index contributed by atoms with van der Waals surface area (Å²) in [4.78, 5) is 0. The third-order valence-electron chi connectivity index (χ3n) is 4.75. The van der Waals surface area contributed by atoms with E-state index in [2.05, 4.69) is 24.8 Å². The molecular weight excluding hydrogens is 323 g/mol. The Morgan fingerprint density at radius 2 is 1.64 bits per heavy atom. The van der Waals surface area contributed by atoms with Crippen LogP contribution in [0.25, 0.3) is 22.9 Å². The molecule has 0 saturated heterocycles. The predicted octanol–water partition coefficient (Wildman–Crippen LogP) is 5.73. The first-order valence-electron chi connectivity index (χ1n) is 8.39. The van der Waals surface area contributed by atoms with Gasteiger partial charge in [-0.2, -0.15) is 0 Å². The molecule has 25 heavy (non-hydrogen) atoms. The van der Waals surface area contributed by atoms with Crippen molar-refractivity contribution in [3.05, 3.63) is 95.8 Å². The molecule has 1 aliphatic rings. The summed E-state index contributed by atoms with van der Waals surface area (Å²) in [6, 6.07) is 20.3. The lowest BCUT2D eigenvalue weighted by molar-refractivity contribution is 0.591. The van der Waals surface area contributed by atoms with Crippen molar-refractivity contribution < 1.29 is 4.57 Å². The van der Waals surface area contributed by atoms with Crippen molar-refractivity contribution in [2.45, 2.75) is 6.92 Å². The van der Waals surface area contributed by atoms with Crippen molar-refractivity contribution in [1.82, 2.24) is 0 Å². The second-order valence-corrected chi connectivity index (χ2v) is 8.86. The van der Waals surface area contributed by atoms with Crippen LogP contribution in [-0.2, 0) is 4.57 Å². The maximum atomic E-state index is 14.5. The molecule has 0 bridgehead atoms. The van der Waals surface area contributed by atoms with Crippen LogP contribution in [0.2, 0.25) is 0 Å². The van der Waals surface area contributed by atoms with Gasteiger partial charge >= 0.3 is 0 Å². The summed E-state index contributed by atoms with van der Waals surface area (Å²) in [6.45, 7) is 5.94. The molecule has 2 heteroatoms. The Morgan fingerprint density at radius 3 is 2.40 bits per heavy atom. The second kappa shape index (κ2) is 6.02. The molecule has 0 amide bonds. The van der Waals surface area contributed by atoms with E-state index in [1.807, 2.05) is 67.6 Å². The molecule has 0 aliphatic carbocycles. The van der Waals surface area contributed by atoms with Gasteiger partial charge in [0, 0.05) is 21.3 Å². The Bertz CT molecular complexity index is 1100. The van der Waals surface area contributed by atoms with Gasteiger partial charge in [-0.15, -0.1) is 0 Å². The van der Waals surface area contributed by atoms with Crippen LogP contribution in [0.3, 0.4) is 0 Å². The van der Waals surface area contributed by atoms with Crippen LogP contribution in [0.15, 0.2) is 84.7 Å². The summed E-state index contributed by atoms with van der Waals surface area (Å²) in [5, 5.41) is 4.80. The molecule has 0 spiro atoms. The third-order valence-corrected chi connectivity index (χ3v) is 7.93. The highest BCUT2D eigenvalue weighted by molar-refractivity contribution is 7.83. The quantitative estimate of drug-likeness (QED) is 0.556. The van der Waals surface area contributed by atoms with E-state index < -0.39 is 7.14 Å². The average molecular weight is 342 g/mol. The van der Waals surface area contributed by atoms with E-state index in [9.17, 15) is 4.57 Å². The molecular formula is C23H19OP. The third kappa shape index (κ3) is 2.27. The first kappa shape index (κ1) is 15.9. The van der Waals surface area contributed by atoms with Gasteiger partial charge in [-0.25, -0.2) is 0 Å². The fourth-order valence-corrected chi connectivity index (χ4v) is 6.74. The fraction of sp³-hybridized carbons (Fsp3) is 0.0435. The van der Waals surface area contributed by atoms with Gasteiger partial charge in [0.15, 0.2) is 7.14 Å². The van der Waals surface area contributed by atoms with Crippen molar-refractivity contribution >= 4 is 40.7 Å². The Hall–Kier alpha value is -2.63. The zero-order chi connectivity index (χ0) is 17.4. The topological polar surface area (TPSA) is 17.1 Å². The normalized spacial score (nSPS) is 19.2. The summed E-state index contributed by atoms with van der Waals surface area (Å²) < 4.78 is 14.5. The van der Waals surface area contributed by atoms with Crippen molar-refractivity contribution in [2.75, 3.05) is 0 Å². The molecule has 1 atom stereocenters. The Kier molecular flexibility index (Phi) is 3.82. The first-order chi connectivity index (χ1) is 12.2. The van der Waals surface area contributed by atoms with Crippen LogP contribution < -0.4 is 10.6 Å². The average Bonchev–Trinajstić information content (AvgIpc) is 2.65. The van der Waals surface area contributed by atoms with E-state index in [0.29, 0.717) is 0 Å². The summed E-state index contributed by atoms with van der Waals surface area (Å²) >= 11 is 0. The van der Waals surface area contributed by atoms with Crippen LogP contribution in [0, 0.1) is 0 Å². The molecule has 4 rings (SSSR count). The van der Waals surface area contributed by atoms with Crippen LogP contribution >= 0.6 is 7.14 Å². The monoisotopic (exact) mass is 342 g/mol. The lowest BCUT2D eigenvalue weighted by atomic mass is 10.0. The van der Waals surface area contributed by atoms with Gasteiger partial charge in [0.05, 0.1) is 0 Å². The zero-order valence-electron chi connectivity index (χ0n) is 14.1. The molecule has 0 N–H and O–H groups in total. The van der Waals surface area contributed by atoms with Gasteiger partial charge in [-0.05, 0) is 29.5 Å². The highest BCUT2D eigenvalue weighted by Gasteiger charge is 2.36. The Labute approximate surface area is 148 Å². The molecule has 0 fully saturated rings. The molecule has 0 radical (unpaired) electrons. The minimum atomic E-state index is -2.96. The Balaban J connectivity index is 2.15. The van der Waals surface area contributed by atoms with Crippen LogP contribution in [0.5, 0.6) is 0 Å². The predicted molar refractivity (Wildman–Crippen MR) is 110 cm³/mol. The number of hydrogen-bond acceptors (Lipinski definition) is 1. The summed E-state index contributed by atoms with van der Waals surface area (Å²) in [7, 11) is -2.96. The van der Waals surface area contributed by atoms with Crippen LogP contribution in [0.4, 0.5) is 0 Å². The number of hydrogen-bond donors (Lipinski definition) is 0. The molecule has 1 heterocycles. The number of allylic oxidation sites excluding steroid dienone is 3. The standard InChI is InChI=1S/C23H19OP/c1-3-9-17-10-5-6-14-21(17)25(24)20(4-2)16-19-13-7-11-18-12-8-15-22(25)23(18)19/h3-16H,2H2,1H3/b9-3+. The van der Waals surface area contributed by atoms with Gasteiger partial charge in [0.1, 0.15) is 0 Å². The minimum absolute atomic E-state index is 0.802. The minimum Gasteiger partial charge on any atom is -0.309 e. The molecule has 122 valence electrons. The first-order valence-corrected chi connectivity index (χ1v) is 10.1.